The fourth-order valence-corrected chi connectivity index (χ4v) is 3.40. The number of halogens is 3. The maximum atomic E-state index is 13.6. The number of pyridine rings is 1. The molecule has 3 aromatic rings. The lowest BCUT2D eigenvalue weighted by Gasteiger charge is -2.20. The van der Waals surface area contributed by atoms with Gasteiger partial charge in [-0.1, -0.05) is 6.07 Å². The Morgan fingerprint density at radius 3 is 2.54 bits per heavy atom. The van der Waals surface area contributed by atoms with Gasteiger partial charge in [-0.25, -0.2) is 18.4 Å². The number of sulfonamides is 1. The summed E-state index contributed by atoms with van der Waals surface area (Å²) in [6.07, 6.45) is -1.89. The number of carbonyl (C=O) groups excluding carboxylic acids is 1. The first-order valence-corrected chi connectivity index (χ1v) is 11.6. The maximum absolute atomic E-state index is 13.6. The van der Waals surface area contributed by atoms with Crippen molar-refractivity contribution in [3.05, 3.63) is 59.4 Å². The Morgan fingerprint density at radius 1 is 1.23 bits per heavy atom. The summed E-state index contributed by atoms with van der Waals surface area (Å²) in [5.74, 6) is -2.08. The Bertz CT molecular complexity index is 1370. The molecule has 0 aliphatic carbocycles. The zero-order valence-electron chi connectivity index (χ0n) is 18.3. The van der Waals surface area contributed by atoms with Crippen molar-refractivity contribution in [1.82, 2.24) is 15.0 Å². The smallest absolute Gasteiger partial charge is 0.421 e. The van der Waals surface area contributed by atoms with E-state index in [-0.39, 0.29) is 29.6 Å². The van der Waals surface area contributed by atoms with Gasteiger partial charge in [0.25, 0.3) is 5.91 Å². The quantitative estimate of drug-likeness (QED) is 0.356. The predicted molar refractivity (Wildman–Crippen MR) is 122 cm³/mol. The number of amides is 1. The van der Waals surface area contributed by atoms with Crippen LogP contribution in [0, 0.1) is 0 Å². The molecule has 1 amide bonds. The number of primary amides is 1. The average Bonchev–Trinajstić information content (AvgIpc) is 2.76. The summed E-state index contributed by atoms with van der Waals surface area (Å²) < 4.78 is 65.3. The maximum Gasteiger partial charge on any atom is 0.421 e. The van der Waals surface area contributed by atoms with Crippen LogP contribution in [-0.2, 0) is 22.7 Å². The van der Waals surface area contributed by atoms with Gasteiger partial charge < -0.3 is 21.5 Å². The molecule has 186 valence electrons. The minimum absolute atomic E-state index is 0.0356. The van der Waals surface area contributed by atoms with Crippen molar-refractivity contribution in [3.8, 4) is 5.75 Å². The van der Waals surface area contributed by atoms with Gasteiger partial charge in [-0.2, -0.15) is 18.2 Å². The highest BCUT2D eigenvalue weighted by atomic mass is 32.2. The number of carbonyl (C=O) groups is 1. The molecule has 1 aromatic carbocycles. The van der Waals surface area contributed by atoms with E-state index in [1.807, 2.05) is 0 Å². The summed E-state index contributed by atoms with van der Waals surface area (Å²) in [7, 11) is -2.40. The van der Waals surface area contributed by atoms with Crippen molar-refractivity contribution in [2.75, 3.05) is 28.2 Å². The first-order chi connectivity index (χ1) is 16.3. The summed E-state index contributed by atoms with van der Waals surface area (Å²) in [5.41, 5.74) is 4.31. The summed E-state index contributed by atoms with van der Waals surface area (Å²) in [6, 6.07) is 6.74. The molecule has 0 spiro atoms. The molecular formula is C20H20F3N7O4S. The van der Waals surface area contributed by atoms with E-state index in [0.29, 0.717) is 11.8 Å². The third-order valence-electron chi connectivity index (χ3n) is 4.72. The SMILES string of the molecule is CN(c1ncccc1CNc1nc(Nc2ccc(C(N)=O)c(O)c2)ncc1C(F)(F)F)S(C)(=O)=O. The van der Waals surface area contributed by atoms with Crippen molar-refractivity contribution in [2.24, 2.45) is 5.73 Å². The lowest BCUT2D eigenvalue weighted by molar-refractivity contribution is -0.137. The molecule has 0 saturated carbocycles. The molecule has 0 aliphatic heterocycles. The number of phenols is 1. The standard InChI is InChI=1S/C20H20F3N7O4S/c1-30(35(2,33)34)18-11(4-3-7-25-18)9-26-17-14(20(21,22)23)10-27-19(29-17)28-12-5-6-13(16(24)32)15(31)8-12/h3-8,10,31H,9H2,1-2H3,(H2,24,32)(H2,26,27,28,29). The lowest BCUT2D eigenvalue weighted by atomic mass is 10.1. The van der Waals surface area contributed by atoms with Crippen LogP contribution in [0.2, 0.25) is 0 Å². The van der Waals surface area contributed by atoms with Gasteiger partial charge >= 0.3 is 6.18 Å². The van der Waals surface area contributed by atoms with E-state index in [4.69, 9.17) is 5.73 Å². The van der Waals surface area contributed by atoms with E-state index in [2.05, 4.69) is 25.6 Å². The largest absolute Gasteiger partial charge is 0.507 e. The fraction of sp³-hybridized carbons (Fsp3) is 0.200. The fourth-order valence-electron chi connectivity index (χ4n) is 2.92. The second-order valence-electron chi connectivity index (χ2n) is 7.25. The van der Waals surface area contributed by atoms with Gasteiger partial charge in [0, 0.05) is 43.3 Å². The predicted octanol–water partition coefficient (Wildman–Crippen LogP) is 2.45. The number of hydrogen-bond acceptors (Lipinski definition) is 9. The van der Waals surface area contributed by atoms with Gasteiger partial charge in [-0.3, -0.25) is 9.10 Å². The average molecular weight is 511 g/mol. The Balaban J connectivity index is 1.92. The monoisotopic (exact) mass is 511 g/mol. The number of benzene rings is 1. The van der Waals surface area contributed by atoms with Gasteiger partial charge in [0.1, 0.15) is 22.9 Å². The Hall–Kier alpha value is -4.14. The number of rotatable bonds is 8. The molecule has 11 nitrogen and oxygen atoms in total. The third kappa shape index (κ3) is 6.06. The number of hydrogen-bond donors (Lipinski definition) is 4. The van der Waals surface area contributed by atoms with Crippen LogP contribution in [0.25, 0.3) is 0 Å². The number of nitrogens with one attached hydrogen (secondary N) is 2. The minimum Gasteiger partial charge on any atom is -0.507 e. The molecule has 0 aliphatic rings. The third-order valence-corrected chi connectivity index (χ3v) is 5.89. The topological polar surface area (TPSA) is 163 Å². The zero-order chi connectivity index (χ0) is 26.0. The molecule has 2 aromatic heterocycles. The van der Waals surface area contributed by atoms with Gasteiger partial charge in [-0.05, 0) is 18.2 Å². The van der Waals surface area contributed by atoms with E-state index in [1.165, 1.54) is 37.5 Å². The zero-order valence-corrected chi connectivity index (χ0v) is 19.1. The van der Waals surface area contributed by atoms with Crippen molar-refractivity contribution in [1.29, 1.82) is 0 Å². The molecule has 0 fully saturated rings. The van der Waals surface area contributed by atoms with Crippen LogP contribution in [-0.4, -0.2) is 47.7 Å². The molecule has 0 unspecified atom stereocenters. The van der Waals surface area contributed by atoms with Crippen LogP contribution in [0.3, 0.4) is 0 Å². The van der Waals surface area contributed by atoms with Crippen LogP contribution in [0.4, 0.5) is 36.4 Å². The van der Waals surface area contributed by atoms with Gasteiger partial charge in [0.05, 0.1) is 11.8 Å². The summed E-state index contributed by atoms with van der Waals surface area (Å²) in [4.78, 5) is 22.8. The van der Waals surface area contributed by atoms with Crippen LogP contribution in [0.15, 0.2) is 42.7 Å². The molecule has 5 N–H and O–H groups in total. The number of alkyl halides is 3. The molecule has 0 bridgehead atoms. The number of nitrogens with two attached hydrogens (primary N) is 1. The van der Waals surface area contributed by atoms with E-state index < -0.39 is 39.2 Å². The second-order valence-corrected chi connectivity index (χ2v) is 9.26. The minimum atomic E-state index is -4.79. The lowest BCUT2D eigenvalue weighted by Crippen LogP contribution is -2.27. The number of anilines is 4. The normalized spacial score (nSPS) is 11.7. The van der Waals surface area contributed by atoms with Gasteiger partial charge in [0.2, 0.25) is 16.0 Å². The number of aromatic hydroxyl groups is 1. The molecule has 15 heteroatoms. The van der Waals surface area contributed by atoms with Crippen molar-refractivity contribution in [2.45, 2.75) is 12.7 Å². The Morgan fingerprint density at radius 2 is 1.94 bits per heavy atom. The molecule has 35 heavy (non-hydrogen) atoms. The highest BCUT2D eigenvalue weighted by molar-refractivity contribution is 7.92. The van der Waals surface area contributed by atoms with E-state index in [1.54, 1.807) is 0 Å². The summed E-state index contributed by atoms with van der Waals surface area (Å²) in [6.45, 7) is -0.239. The highest BCUT2D eigenvalue weighted by Gasteiger charge is 2.35. The molecule has 0 saturated heterocycles. The van der Waals surface area contributed by atoms with E-state index in [0.717, 1.165) is 16.6 Å². The summed E-state index contributed by atoms with van der Waals surface area (Å²) >= 11 is 0. The van der Waals surface area contributed by atoms with Crippen molar-refractivity contribution >= 4 is 39.2 Å². The van der Waals surface area contributed by atoms with Crippen molar-refractivity contribution in [3.63, 3.8) is 0 Å². The van der Waals surface area contributed by atoms with E-state index in [9.17, 15) is 31.5 Å². The Kier molecular flexibility index (Phi) is 7.00. The highest BCUT2D eigenvalue weighted by Crippen LogP contribution is 2.35. The summed E-state index contributed by atoms with van der Waals surface area (Å²) in [5, 5.41) is 15.1. The molecule has 3 rings (SSSR count). The van der Waals surface area contributed by atoms with Gasteiger partial charge in [-0.15, -0.1) is 0 Å². The number of aromatic nitrogens is 3. The molecule has 0 radical (unpaired) electrons. The first kappa shape index (κ1) is 25.5. The first-order valence-electron chi connectivity index (χ1n) is 9.73. The second kappa shape index (κ2) is 9.61. The van der Waals surface area contributed by atoms with Crippen LogP contribution < -0.4 is 20.7 Å². The molecular weight excluding hydrogens is 491 g/mol. The number of nitrogens with zero attached hydrogens (tertiary/aromatic N) is 4. The van der Waals surface area contributed by atoms with Crippen LogP contribution >= 0.6 is 0 Å². The Labute approximate surface area is 197 Å². The molecule has 2 heterocycles. The van der Waals surface area contributed by atoms with E-state index >= 15 is 0 Å². The molecule has 0 atom stereocenters. The van der Waals surface area contributed by atoms with Crippen LogP contribution in [0.5, 0.6) is 5.75 Å². The van der Waals surface area contributed by atoms with Crippen LogP contribution in [0.1, 0.15) is 21.5 Å². The van der Waals surface area contributed by atoms with Crippen molar-refractivity contribution < 1.29 is 31.5 Å². The van der Waals surface area contributed by atoms with Gasteiger partial charge in [0.15, 0.2) is 0 Å².